The molecule has 0 aliphatic heterocycles. The Morgan fingerprint density at radius 3 is 1.85 bits per heavy atom. The molecule has 0 aliphatic carbocycles. The first kappa shape index (κ1) is 18.0. The Bertz CT molecular complexity index is 483. The second kappa shape index (κ2) is 5.61. The molecule has 0 spiro atoms. The van der Waals surface area contributed by atoms with E-state index in [4.69, 9.17) is 8.51 Å². The van der Waals surface area contributed by atoms with E-state index >= 15 is 0 Å². The van der Waals surface area contributed by atoms with E-state index in [-0.39, 0.29) is 8.83 Å². The van der Waals surface area contributed by atoms with Crippen molar-refractivity contribution in [1.29, 1.82) is 0 Å². The third-order valence-corrected chi connectivity index (χ3v) is 7.43. The Balaban J connectivity index is 3.71. The van der Waals surface area contributed by atoms with Crippen molar-refractivity contribution in [1.82, 2.24) is 0 Å². The third kappa shape index (κ3) is 3.07. The Labute approximate surface area is 122 Å². The van der Waals surface area contributed by atoms with E-state index in [2.05, 4.69) is 0 Å². The molecule has 0 aromatic heterocycles. The molecule has 1 aromatic rings. The predicted molar refractivity (Wildman–Crippen MR) is 58.5 cm³/mol. The zero-order valence-corrected chi connectivity index (χ0v) is 13.9. The molecule has 0 amide bonds. The van der Waals surface area contributed by atoms with Gasteiger partial charge in [0.1, 0.15) is 0 Å². The van der Waals surface area contributed by atoms with Gasteiger partial charge in [-0.05, 0) is 0 Å². The molecule has 0 atom stereocenters. The fraction of sp³-hybridized carbons (Fsp3) is 0.455. The molecule has 0 fully saturated rings. The fourth-order valence-electron chi connectivity index (χ4n) is 1.61. The average Bonchev–Trinajstić information content (AvgIpc) is 2.24. The van der Waals surface area contributed by atoms with Gasteiger partial charge in [0, 0.05) is 0 Å². The number of halogens is 7. The van der Waals surface area contributed by atoms with Gasteiger partial charge >= 0.3 is 123 Å². The molecule has 20 heavy (non-hydrogen) atoms. The topological polar surface area (TPSA) is 20.2 Å². The van der Waals surface area contributed by atoms with E-state index < -0.39 is 44.1 Å². The molecule has 9 heteroatoms. The van der Waals surface area contributed by atoms with E-state index in [0.717, 1.165) is 6.07 Å². The Hall–Kier alpha value is -0.0669. The summed E-state index contributed by atoms with van der Waals surface area (Å²) in [5, 5.41) is 9.43. The summed E-state index contributed by atoms with van der Waals surface area (Å²) in [5.74, 6) is 0. The molecule has 0 heterocycles. The van der Waals surface area contributed by atoms with Crippen molar-refractivity contribution < 1.29 is 52.0 Å². The molecule has 1 rings (SSSR count). The summed E-state index contributed by atoms with van der Waals surface area (Å²) >= 11 is -2.99. The first-order chi connectivity index (χ1) is 8.82. The van der Waals surface area contributed by atoms with Crippen LogP contribution in [0.2, 0.25) is 4.63 Å². The van der Waals surface area contributed by atoms with Crippen LogP contribution in [0.3, 0.4) is 0 Å². The van der Waals surface area contributed by atoms with Crippen LogP contribution in [-0.4, -0.2) is 17.5 Å². The first-order valence-corrected chi connectivity index (χ1v) is 13.1. The molecule has 0 saturated carbocycles. The molecule has 0 bridgehead atoms. The molecule has 116 valence electrons. The number of aliphatic hydroxyl groups is 1. The van der Waals surface area contributed by atoms with Crippen molar-refractivity contribution in [3.63, 3.8) is 0 Å². The van der Waals surface area contributed by atoms with Crippen molar-refractivity contribution in [2.75, 3.05) is 0 Å². The summed E-state index contributed by atoms with van der Waals surface area (Å²) in [6.07, 6.45) is -11.8. The normalized spacial score (nSPS) is 14.4. The summed E-state index contributed by atoms with van der Waals surface area (Å²) < 4.78 is 78.4. The molecule has 0 radical (unpaired) electrons. The summed E-state index contributed by atoms with van der Waals surface area (Å²) in [6.45, 7) is 1.34. The van der Waals surface area contributed by atoms with Gasteiger partial charge in [-0.25, -0.2) is 0 Å². The van der Waals surface area contributed by atoms with Crippen LogP contribution in [0.25, 0.3) is 0 Å². The van der Waals surface area contributed by atoms with Gasteiger partial charge in [0.2, 0.25) is 0 Å². The van der Waals surface area contributed by atoms with Crippen molar-refractivity contribution in [3.05, 3.63) is 29.3 Å². The molecule has 1 aromatic carbocycles. The zero-order chi connectivity index (χ0) is 15.9. The fourth-order valence-corrected chi connectivity index (χ4v) is 5.46. The van der Waals surface area contributed by atoms with Crippen LogP contribution in [0.1, 0.15) is 11.1 Å². The Morgan fingerprint density at radius 2 is 1.50 bits per heavy atom. The van der Waals surface area contributed by atoms with Gasteiger partial charge in [0.15, 0.2) is 0 Å². The number of rotatable bonds is 2. The second-order valence-corrected chi connectivity index (χ2v) is 12.6. The van der Waals surface area contributed by atoms with Gasteiger partial charge in [0.05, 0.1) is 0 Å². The van der Waals surface area contributed by atoms with Gasteiger partial charge in [-0.3, -0.25) is 0 Å². The van der Waals surface area contributed by atoms with E-state index in [1.165, 1.54) is 17.6 Å². The van der Waals surface area contributed by atoms with Crippen LogP contribution in [0.5, 0.6) is 0 Å². The number of hydrogen-bond donors (Lipinski definition) is 1. The third-order valence-electron chi connectivity index (χ3n) is 2.61. The molecular formula is C11H10AtClF6O. The Kier molecular flexibility index (Phi) is 5.05. The quantitative estimate of drug-likeness (QED) is 0.592. The Morgan fingerprint density at radius 1 is 1.05 bits per heavy atom. The summed E-state index contributed by atoms with van der Waals surface area (Å²) in [4.78, 5) is 0. The van der Waals surface area contributed by atoms with E-state index in [9.17, 15) is 31.4 Å². The standard InChI is InChI=1S/C11H10AtClF6O/c1-6-3-4-8(12(2)13)7(5-6)9(20,10(14,15)16)11(17,18)19/h3-5,20H,1-2H3/i12+1. The van der Waals surface area contributed by atoms with Gasteiger partial charge in [-0.1, -0.05) is 0 Å². The van der Waals surface area contributed by atoms with E-state index in [1.807, 2.05) is 0 Å². The average molecular weight is 519 g/mol. The maximum absolute atomic E-state index is 12.9. The number of benzene rings is 1. The number of aryl methyl sites for hydroxylation is 1. The summed E-state index contributed by atoms with van der Waals surface area (Å²) in [6, 6.07) is 3.19. The van der Waals surface area contributed by atoms with Crippen LogP contribution in [0.4, 0.5) is 26.3 Å². The van der Waals surface area contributed by atoms with Crippen molar-refractivity contribution >= 4 is 11.8 Å². The van der Waals surface area contributed by atoms with Gasteiger partial charge in [-0.2, -0.15) is 0 Å². The van der Waals surface area contributed by atoms with Crippen LogP contribution in [0.15, 0.2) is 18.2 Å². The first-order valence-electron chi connectivity index (χ1n) is 5.06. The van der Waals surface area contributed by atoms with E-state index in [1.54, 1.807) is 0 Å². The molecular weight excluding hydrogens is 509 g/mol. The summed E-state index contributed by atoms with van der Waals surface area (Å²) in [7, 11) is 5.81. The van der Waals surface area contributed by atoms with Crippen LogP contribution >= 0.6 is 8.51 Å². The molecule has 1 nitrogen and oxygen atoms in total. The van der Waals surface area contributed by atoms with Crippen molar-refractivity contribution in [2.24, 2.45) is 0 Å². The minimum atomic E-state index is -5.89. The second-order valence-electron chi connectivity index (χ2n) is 4.09. The minimum absolute atomic E-state index is 0.176. The monoisotopic (exact) mass is 518 g/mol. The van der Waals surface area contributed by atoms with Crippen LogP contribution in [0, 0.1) is 27.5 Å². The van der Waals surface area contributed by atoms with Crippen LogP contribution < -0.4 is 3.27 Å². The number of alkyl halides is 6. The van der Waals surface area contributed by atoms with Crippen molar-refractivity contribution in [2.45, 2.75) is 29.5 Å². The molecule has 0 unspecified atom stereocenters. The SMILES string of the molecule is Cc1ccc([211At](C)Cl)c(C(O)(C(F)(F)F)C(F)(F)F)c1. The summed E-state index contributed by atoms with van der Waals surface area (Å²) in [5.41, 5.74) is -5.94. The van der Waals surface area contributed by atoms with E-state index in [0.29, 0.717) is 6.07 Å². The molecule has 0 saturated heterocycles. The van der Waals surface area contributed by atoms with Crippen LogP contribution in [-0.2, 0) is 5.60 Å². The molecule has 1 N–H and O–H groups in total. The predicted octanol–water partition coefficient (Wildman–Crippen LogP) is 3.76. The maximum atomic E-state index is 12.9. The molecule has 0 aliphatic rings. The van der Waals surface area contributed by atoms with Gasteiger partial charge < -0.3 is 0 Å². The van der Waals surface area contributed by atoms with Gasteiger partial charge in [0.25, 0.3) is 0 Å². The van der Waals surface area contributed by atoms with Crippen molar-refractivity contribution in [3.8, 4) is 0 Å². The number of hydrogen-bond acceptors (Lipinski definition) is 1. The van der Waals surface area contributed by atoms with Gasteiger partial charge in [-0.15, -0.1) is 0 Å². The zero-order valence-electron chi connectivity index (χ0n) is 10.2.